The van der Waals surface area contributed by atoms with Crippen molar-refractivity contribution in [2.75, 3.05) is 39.6 Å². The third-order valence-electron chi connectivity index (χ3n) is 7.20. The molecule has 0 aromatic heterocycles. The van der Waals surface area contributed by atoms with Crippen molar-refractivity contribution in [1.29, 1.82) is 0 Å². The number of allylic oxidation sites excluding steroid dienone is 3. The van der Waals surface area contributed by atoms with Crippen LogP contribution < -0.4 is 0 Å². The number of phenols is 1. The van der Waals surface area contributed by atoms with Gasteiger partial charge in [-0.2, -0.15) is 0 Å². The molecule has 1 unspecified atom stereocenters. The SMILES string of the molecule is CCC1(COCC2(CC)COC(C3CC=CC=C3O)OC2)COC(c2ccccc2O)OC1. The lowest BCUT2D eigenvalue weighted by molar-refractivity contribution is -0.266. The molecule has 0 bridgehead atoms. The van der Waals surface area contributed by atoms with Crippen LogP contribution in [0.5, 0.6) is 5.75 Å². The van der Waals surface area contributed by atoms with Gasteiger partial charge in [0, 0.05) is 16.4 Å². The Morgan fingerprint density at radius 3 is 2.09 bits per heavy atom. The minimum Gasteiger partial charge on any atom is -0.512 e. The van der Waals surface area contributed by atoms with Crippen molar-refractivity contribution >= 4 is 0 Å². The van der Waals surface area contributed by atoms with E-state index in [1.807, 2.05) is 24.3 Å². The Labute approximate surface area is 195 Å². The van der Waals surface area contributed by atoms with E-state index in [-0.39, 0.29) is 22.5 Å². The first-order valence-electron chi connectivity index (χ1n) is 11.9. The molecule has 33 heavy (non-hydrogen) atoms. The van der Waals surface area contributed by atoms with Gasteiger partial charge < -0.3 is 33.9 Å². The van der Waals surface area contributed by atoms with Gasteiger partial charge in [0.1, 0.15) is 11.5 Å². The zero-order chi connectivity index (χ0) is 23.3. The molecule has 2 heterocycles. The monoisotopic (exact) mass is 460 g/mol. The van der Waals surface area contributed by atoms with Crippen LogP contribution in [-0.2, 0) is 23.7 Å². The van der Waals surface area contributed by atoms with Gasteiger partial charge in [-0.05, 0) is 31.4 Å². The van der Waals surface area contributed by atoms with Crippen LogP contribution in [0.2, 0.25) is 0 Å². The average molecular weight is 461 g/mol. The maximum absolute atomic E-state index is 10.1. The molecular weight excluding hydrogens is 424 g/mol. The lowest BCUT2D eigenvalue weighted by atomic mass is 9.85. The van der Waals surface area contributed by atoms with E-state index in [1.54, 1.807) is 18.2 Å². The molecule has 2 saturated heterocycles. The van der Waals surface area contributed by atoms with Crippen molar-refractivity contribution in [3.05, 3.63) is 53.8 Å². The molecule has 7 nitrogen and oxygen atoms in total. The first-order valence-corrected chi connectivity index (χ1v) is 11.9. The summed E-state index contributed by atoms with van der Waals surface area (Å²) in [6.45, 7) is 7.33. The number of phenolic OH excluding ortho intramolecular Hbond substituents is 1. The number of ether oxygens (including phenoxy) is 5. The summed E-state index contributed by atoms with van der Waals surface area (Å²) >= 11 is 0. The van der Waals surface area contributed by atoms with Crippen molar-refractivity contribution in [2.45, 2.75) is 45.7 Å². The molecule has 0 amide bonds. The fourth-order valence-electron chi connectivity index (χ4n) is 4.45. The fourth-order valence-corrected chi connectivity index (χ4v) is 4.45. The van der Waals surface area contributed by atoms with Gasteiger partial charge in [0.2, 0.25) is 0 Å². The number of benzene rings is 1. The van der Waals surface area contributed by atoms with Crippen LogP contribution in [0.1, 0.15) is 45.0 Å². The van der Waals surface area contributed by atoms with Gasteiger partial charge in [-0.25, -0.2) is 0 Å². The quantitative estimate of drug-likeness (QED) is 0.584. The molecule has 0 saturated carbocycles. The number of aliphatic hydroxyl groups excluding tert-OH is 1. The van der Waals surface area contributed by atoms with Crippen LogP contribution in [0.3, 0.4) is 0 Å². The van der Waals surface area contributed by atoms with E-state index >= 15 is 0 Å². The summed E-state index contributed by atoms with van der Waals surface area (Å²) in [7, 11) is 0. The highest BCUT2D eigenvalue weighted by Gasteiger charge is 2.41. The largest absolute Gasteiger partial charge is 0.512 e. The Hall–Kier alpha value is -1.90. The van der Waals surface area contributed by atoms with Gasteiger partial charge in [0.05, 0.1) is 45.6 Å². The predicted octanol–water partition coefficient (Wildman–Crippen LogP) is 4.64. The summed E-state index contributed by atoms with van der Waals surface area (Å²) in [6, 6.07) is 7.09. The highest BCUT2D eigenvalue weighted by atomic mass is 16.7. The number of hydrogen-bond donors (Lipinski definition) is 2. The van der Waals surface area contributed by atoms with Gasteiger partial charge in [-0.15, -0.1) is 0 Å². The van der Waals surface area contributed by atoms with Crippen LogP contribution in [0.15, 0.2) is 48.3 Å². The summed E-state index contributed by atoms with van der Waals surface area (Å²) in [6.07, 6.45) is 7.01. The second-order valence-electron chi connectivity index (χ2n) is 9.56. The van der Waals surface area contributed by atoms with E-state index < -0.39 is 12.6 Å². The summed E-state index contributed by atoms with van der Waals surface area (Å²) in [5.74, 6) is 0.339. The highest BCUT2D eigenvalue weighted by Crippen LogP contribution is 2.38. The van der Waals surface area contributed by atoms with E-state index in [9.17, 15) is 10.2 Å². The van der Waals surface area contributed by atoms with Crippen molar-refractivity contribution in [1.82, 2.24) is 0 Å². The number of rotatable bonds is 8. The zero-order valence-electron chi connectivity index (χ0n) is 19.6. The molecule has 7 heteroatoms. The molecule has 2 aliphatic heterocycles. The van der Waals surface area contributed by atoms with E-state index in [1.165, 1.54) is 0 Å². The summed E-state index contributed by atoms with van der Waals surface area (Å²) in [4.78, 5) is 0. The Balaban J connectivity index is 1.27. The molecule has 0 spiro atoms. The van der Waals surface area contributed by atoms with Crippen LogP contribution >= 0.6 is 0 Å². The Morgan fingerprint density at radius 2 is 1.52 bits per heavy atom. The van der Waals surface area contributed by atoms with Crippen LogP contribution in [0, 0.1) is 16.7 Å². The molecule has 0 radical (unpaired) electrons. The van der Waals surface area contributed by atoms with Crippen LogP contribution in [-0.4, -0.2) is 56.1 Å². The first-order chi connectivity index (χ1) is 16.0. The molecule has 1 aromatic carbocycles. The lowest BCUT2D eigenvalue weighted by Crippen LogP contribution is -2.48. The van der Waals surface area contributed by atoms with Gasteiger partial charge in [0.15, 0.2) is 12.6 Å². The number of aliphatic hydroxyl groups is 1. The third kappa shape index (κ3) is 5.44. The average Bonchev–Trinajstić information content (AvgIpc) is 2.86. The Bertz CT molecular complexity index is 833. The maximum Gasteiger partial charge on any atom is 0.187 e. The van der Waals surface area contributed by atoms with Crippen molar-refractivity contribution in [2.24, 2.45) is 16.7 Å². The fraction of sp³-hybridized carbons (Fsp3) is 0.615. The Kier molecular flexibility index (Phi) is 7.76. The number of hydrogen-bond acceptors (Lipinski definition) is 7. The highest BCUT2D eigenvalue weighted by molar-refractivity contribution is 5.32. The maximum atomic E-state index is 10.1. The van der Waals surface area contributed by atoms with Gasteiger partial charge in [-0.3, -0.25) is 0 Å². The van der Waals surface area contributed by atoms with Gasteiger partial charge in [-0.1, -0.05) is 44.2 Å². The molecule has 4 rings (SSSR count). The minimum atomic E-state index is -0.565. The Morgan fingerprint density at radius 1 is 0.909 bits per heavy atom. The summed E-state index contributed by atoms with van der Waals surface area (Å²) in [5.41, 5.74) is 0.192. The smallest absolute Gasteiger partial charge is 0.187 e. The molecule has 3 aliphatic rings. The van der Waals surface area contributed by atoms with Crippen LogP contribution in [0.4, 0.5) is 0 Å². The molecule has 1 atom stereocenters. The van der Waals surface area contributed by atoms with Crippen LogP contribution in [0.25, 0.3) is 0 Å². The molecule has 182 valence electrons. The normalized spacial score (nSPS) is 34.7. The lowest BCUT2D eigenvalue weighted by Gasteiger charge is -2.43. The van der Waals surface area contributed by atoms with Crippen molar-refractivity contribution in [3.8, 4) is 5.75 Å². The second-order valence-corrected chi connectivity index (χ2v) is 9.56. The van der Waals surface area contributed by atoms with E-state index in [4.69, 9.17) is 23.7 Å². The van der Waals surface area contributed by atoms with Gasteiger partial charge >= 0.3 is 0 Å². The summed E-state index contributed by atoms with van der Waals surface area (Å²) < 4.78 is 30.3. The van der Waals surface area contributed by atoms with Crippen molar-refractivity contribution in [3.63, 3.8) is 0 Å². The van der Waals surface area contributed by atoms with E-state index in [0.717, 1.165) is 12.8 Å². The second kappa shape index (κ2) is 10.6. The molecule has 1 aliphatic carbocycles. The minimum absolute atomic E-state index is 0.150. The summed E-state index contributed by atoms with van der Waals surface area (Å²) in [5, 5.41) is 20.2. The number of para-hydroxylation sites is 1. The topological polar surface area (TPSA) is 86.6 Å². The number of aromatic hydroxyl groups is 1. The standard InChI is InChI=1S/C26H36O7/c1-3-25(15-30-23(31-16-25)19-9-5-7-11-21(19)27)13-29-14-26(4-2)17-32-24(33-18-26)20-10-6-8-12-22(20)28/h5-9,11-12,20,23-24,27-28H,3-4,10,13-18H2,1-2H3. The van der Waals surface area contributed by atoms with E-state index in [2.05, 4.69) is 13.8 Å². The predicted molar refractivity (Wildman–Crippen MR) is 123 cm³/mol. The molecule has 2 fully saturated rings. The third-order valence-corrected chi connectivity index (χ3v) is 7.20. The zero-order valence-corrected chi connectivity index (χ0v) is 19.6. The first kappa shape index (κ1) is 24.2. The molecule has 2 N–H and O–H groups in total. The van der Waals surface area contributed by atoms with E-state index in [0.29, 0.717) is 57.4 Å². The van der Waals surface area contributed by atoms with Crippen molar-refractivity contribution < 1.29 is 33.9 Å². The molecule has 1 aromatic rings. The van der Waals surface area contributed by atoms with Gasteiger partial charge in [0.25, 0.3) is 0 Å². The molecular formula is C26H36O7.